The van der Waals surface area contributed by atoms with Gasteiger partial charge in [-0.3, -0.25) is 0 Å². The van der Waals surface area contributed by atoms with E-state index in [-0.39, 0.29) is 5.92 Å². The summed E-state index contributed by atoms with van der Waals surface area (Å²) < 4.78 is 7.25. The summed E-state index contributed by atoms with van der Waals surface area (Å²) in [7, 11) is 0. The molecule has 0 spiro atoms. The summed E-state index contributed by atoms with van der Waals surface area (Å²) in [5.41, 5.74) is 7.68. The fourth-order valence-corrected chi connectivity index (χ4v) is 1.90. The Bertz CT molecular complexity index is 534. The minimum Gasteiger partial charge on any atom is -0.494 e. The Morgan fingerprint density at radius 1 is 1.39 bits per heavy atom. The van der Waals surface area contributed by atoms with E-state index in [4.69, 9.17) is 10.5 Å². The maximum absolute atomic E-state index is 5.85. The van der Waals surface area contributed by atoms with Gasteiger partial charge in [0, 0.05) is 6.07 Å². The molecule has 1 aromatic heterocycles. The van der Waals surface area contributed by atoms with Crippen LogP contribution in [-0.2, 0) is 0 Å². The van der Waals surface area contributed by atoms with Gasteiger partial charge in [-0.1, -0.05) is 25.1 Å². The van der Waals surface area contributed by atoms with Crippen molar-refractivity contribution < 1.29 is 4.74 Å². The van der Waals surface area contributed by atoms with E-state index in [1.807, 2.05) is 31.2 Å². The Morgan fingerprint density at radius 2 is 2.17 bits per heavy atom. The molecule has 0 saturated heterocycles. The van der Waals surface area contributed by atoms with Crippen LogP contribution in [0.5, 0.6) is 5.75 Å². The van der Waals surface area contributed by atoms with Gasteiger partial charge in [-0.15, -0.1) is 5.10 Å². The van der Waals surface area contributed by atoms with Crippen LogP contribution in [0.25, 0.3) is 5.69 Å². The Morgan fingerprint density at radius 3 is 2.83 bits per heavy atom. The third kappa shape index (κ3) is 2.30. The Labute approximate surface area is 107 Å². The molecule has 0 saturated carbocycles. The molecular formula is C13H18N4O. The molecule has 1 aromatic carbocycles. The summed E-state index contributed by atoms with van der Waals surface area (Å²) in [5.74, 6) is 1.56. The van der Waals surface area contributed by atoms with Gasteiger partial charge < -0.3 is 10.5 Å². The fraction of sp³-hybridized carbons (Fsp3) is 0.385. The summed E-state index contributed by atoms with van der Waals surface area (Å²) >= 11 is 0. The number of nitrogens with zero attached hydrogens (tertiary/aromatic N) is 3. The molecule has 0 amide bonds. The smallest absolute Gasteiger partial charge is 0.169 e. The quantitative estimate of drug-likeness (QED) is 0.899. The topological polar surface area (TPSA) is 66.0 Å². The van der Waals surface area contributed by atoms with E-state index in [1.165, 1.54) is 0 Å². The molecule has 0 aliphatic heterocycles. The van der Waals surface area contributed by atoms with Gasteiger partial charge in [0.05, 0.1) is 18.0 Å². The number of nitrogen functional groups attached to an aromatic ring is 1. The molecule has 0 unspecified atom stereocenters. The summed E-state index contributed by atoms with van der Waals surface area (Å²) in [4.78, 5) is 0. The van der Waals surface area contributed by atoms with Gasteiger partial charge >= 0.3 is 0 Å². The Kier molecular flexibility index (Phi) is 3.50. The van der Waals surface area contributed by atoms with Crippen LogP contribution < -0.4 is 10.5 Å². The van der Waals surface area contributed by atoms with Crippen LogP contribution in [0.4, 0.5) is 5.82 Å². The van der Waals surface area contributed by atoms with E-state index in [0.717, 1.165) is 17.1 Å². The fourth-order valence-electron chi connectivity index (χ4n) is 1.90. The van der Waals surface area contributed by atoms with Gasteiger partial charge in [0.15, 0.2) is 5.82 Å². The van der Waals surface area contributed by atoms with Crippen molar-refractivity contribution >= 4 is 5.82 Å². The third-order valence-electron chi connectivity index (χ3n) is 2.65. The average molecular weight is 246 g/mol. The molecule has 5 heteroatoms. The minimum atomic E-state index is 0.260. The zero-order valence-corrected chi connectivity index (χ0v) is 10.9. The molecule has 1 heterocycles. The normalized spacial score (nSPS) is 10.9. The molecule has 18 heavy (non-hydrogen) atoms. The Balaban J connectivity index is 2.45. The standard InChI is InChI=1S/C13H18N4O/c1-4-18-11-7-5-6-10(8-11)17-12(9(2)3)13(14)15-16-17/h5-9H,4,14H2,1-3H3. The second kappa shape index (κ2) is 5.08. The third-order valence-corrected chi connectivity index (χ3v) is 2.65. The first kappa shape index (κ1) is 12.4. The molecule has 0 aliphatic rings. The predicted octanol–water partition coefficient (Wildman–Crippen LogP) is 2.37. The minimum absolute atomic E-state index is 0.260. The lowest BCUT2D eigenvalue weighted by molar-refractivity contribution is 0.340. The van der Waals surface area contributed by atoms with Gasteiger partial charge in [-0.05, 0) is 25.0 Å². The molecule has 96 valence electrons. The Hall–Kier alpha value is -2.04. The lowest BCUT2D eigenvalue weighted by atomic mass is 10.1. The largest absolute Gasteiger partial charge is 0.494 e. The summed E-state index contributed by atoms with van der Waals surface area (Å²) in [6.45, 7) is 6.73. The molecule has 0 aliphatic carbocycles. The van der Waals surface area contributed by atoms with E-state index in [9.17, 15) is 0 Å². The lowest BCUT2D eigenvalue weighted by Crippen LogP contribution is -2.05. The van der Waals surface area contributed by atoms with Crippen molar-refractivity contribution in [2.24, 2.45) is 0 Å². The van der Waals surface area contributed by atoms with Crippen molar-refractivity contribution in [2.45, 2.75) is 26.7 Å². The number of hydrogen-bond donors (Lipinski definition) is 1. The van der Waals surface area contributed by atoms with Crippen molar-refractivity contribution in [1.82, 2.24) is 15.0 Å². The monoisotopic (exact) mass is 246 g/mol. The summed E-state index contributed by atoms with van der Waals surface area (Å²) in [6, 6.07) is 7.75. The van der Waals surface area contributed by atoms with Crippen LogP contribution in [0.1, 0.15) is 32.4 Å². The van der Waals surface area contributed by atoms with E-state index >= 15 is 0 Å². The molecule has 2 N–H and O–H groups in total. The van der Waals surface area contributed by atoms with E-state index in [1.54, 1.807) is 4.68 Å². The second-order valence-electron chi connectivity index (χ2n) is 4.36. The van der Waals surface area contributed by atoms with Gasteiger partial charge in [-0.25, -0.2) is 4.68 Å². The van der Waals surface area contributed by atoms with Crippen LogP contribution in [0.2, 0.25) is 0 Å². The van der Waals surface area contributed by atoms with Gasteiger partial charge in [0.1, 0.15) is 5.75 Å². The highest BCUT2D eigenvalue weighted by Gasteiger charge is 2.15. The second-order valence-corrected chi connectivity index (χ2v) is 4.36. The van der Waals surface area contributed by atoms with Gasteiger partial charge in [0.25, 0.3) is 0 Å². The van der Waals surface area contributed by atoms with Gasteiger partial charge in [-0.2, -0.15) is 0 Å². The number of aromatic nitrogens is 3. The molecule has 5 nitrogen and oxygen atoms in total. The molecule has 0 fully saturated rings. The summed E-state index contributed by atoms with van der Waals surface area (Å²) in [6.07, 6.45) is 0. The van der Waals surface area contributed by atoms with E-state index in [2.05, 4.69) is 24.2 Å². The number of anilines is 1. The number of nitrogens with two attached hydrogens (primary N) is 1. The molecule has 0 bridgehead atoms. The zero-order chi connectivity index (χ0) is 13.1. The molecule has 0 radical (unpaired) electrons. The molecule has 0 atom stereocenters. The van der Waals surface area contributed by atoms with E-state index in [0.29, 0.717) is 12.4 Å². The maximum Gasteiger partial charge on any atom is 0.169 e. The van der Waals surface area contributed by atoms with Gasteiger partial charge in [0.2, 0.25) is 0 Å². The molecule has 2 rings (SSSR count). The number of hydrogen-bond acceptors (Lipinski definition) is 4. The van der Waals surface area contributed by atoms with Crippen LogP contribution >= 0.6 is 0 Å². The lowest BCUT2D eigenvalue weighted by Gasteiger charge is -2.11. The highest BCUT2D eigenvalue weighted by molar-refractivity contribution is 5.45. The van der Waals surface area contributed by atoms with Crippen molar-refractivity contribution in [2.75, 3.05) is 12.3 Å². The van der Waals surface area contributed by atoms with Crippen molar-refractivity contribution in [3.05, 3.63) is 30.0 Å². The van der Waals surface area contributed by atoms with Crippen LogP contribution in [0, 0.1) is 0 Å². The highest BCUT2D eigenvalue weighted by atomic mass is 16.5. The first-order valence-corrected chi connectivity index (χ1v) is 6.07. The van der Waals surface area contributed by atoms with Crippen LogP contribution in [-0.4, -0.2) is 21.6 Å². The van der Waals surface area contributed by atoms with E-state index < -0.39 is 0 Å². The first-order valence-electron chi connectivity index (χ1n) is 6.07. The zero-order valence-electron chi connectivity index (χ0n) is 10.9. The number of rotatable bonds is 4. The van der Waals surface area contributed by atoms with Crippen molar-refractivity contribution in [1.29, 1.82) is 0 Å². The number of benzene rings is 1. The SMILES string of the molecule is CCOc1cccc(-n2nnc(N)c2C(C)C)c1. The van der Waals surface area contributed by atoms with Crippen LogP contribution in [0.15, 0.2) is 24.3 Å². The first-order chi connectivity index (χ1) is 8.63. The molecule has 2 aromatic rings. The van der Waals surface area contributed by atoms with Crippen LogP contribution in [0.3, 0.4) is 0 Å². The average Bonchev–Trinajstić information content (AvgIpc) is 2.72. The molecular weight excluding hydrogens is 228 g/mol. The summed E-state index contributed by atoms with van der Waals surface area (Å²) in [5, 5.41) is 8.03. The van der Waals surface area contributed by atoms with Crippen molar-refractivity contribution in [3.63, 3.8) is 0 Å². The predicted molar refractivity (Wildman–Crippen MR) is 71.0 cm³/mol. The maximum atomic E-state index is 5.85. The van der Waals surface area contributed by atoms with Crippen molar-refractivity contribution in [3.8, 4) is 11.4 Å². The highest BCUT2D eigenvalue weighted by Crippen LogP contribution is 2.24. The number of ether oxygens (including phenoxy) is 1.